The number of carbonyl (C=O) groups excluding carboxylic acids is 7. The lowest BCUT2D eigenvalue weighted by atomic mass is 9.96. The van der Waals surface area contributed by atoms with Gasteiger partial charge in [0.1, 0.15) is 24.3 Å². The average molecular weight is 632 g/mol. The minimum Gasteiger partial charge on any atom is -0.477 e. The molecule has 2 unspecified atom stereocenters. The Balaban J connectivity index is 1.62. The monoisotopic (exact) mass is 631 g/mol. The number of likely N-dealkylation sites (N-methyl/N-ethyl adjacent to an activating group) is 1. The molecule has 3 aliphatic heterocycles. The van der Waals surface area contributed by atoms with E-state index in [9.17, 15) is 43.5 Å². The summed E-state index contributed by atoms with van der Waals surface area (Å²) in [6, 6.07) is 5.34. The number of nitrogens with one attached hydrogen (secondary N) is 2. The van der Waals surface area contributed by atoms with Gasteiger partial charge in [0.05, 0.1) is 5.37 Å². The van der Waals surface area contributed by atoms with E-state index in [0.717, 1.165) is 23.6 Å². The SMILES string of the molecule is CCN1CCN(C(=O)NC(C(=O)NC(OC(C)=O)C2=C(C(=O)O)N3C(=O)[C@@H](COC=O)[C@H]3SC2)c2ccccc2)C(=O)C1=O. The number of rotatable bonds is 11. The van der Waals surface area contributed by atoms with E-state index in [2.05, 4.69) is 15.4 Å². The number of urea groups is 1. The number of hydrogen-bond acceptors (Lipinski definition) is 11. The van der Waals surface area contributed by atoms with Gasteiger partial charge in [-0.1, -0.05) is 30.3 Å². The fourth-order valence-electron chi connectivity index (χ4n) is 4.97. The highest BCUT2D eigenvalue weighted by Gasteiger charge is 2.55. The molecule has 44 heavy (non-hydrogen) atoms. The highest BCUT2D eigenvalue weighted by molar-refractivity contribution is 8.00. The van der Waals surface area contributed by atoms with Crippen molar-refractivity contribution in [3.05, 3.63) is 47.2 Å². The lowest BCUT2D eigenvalue weighted by Crippen LogP contribution is -2.63. The Bertz CT molecular complexity index is 1420. The van der Waals surface area contributed by atoms with Gasteiger partial charge in [-0.2, -0.15) is 0 Å². The molecule has 16 nitrogen and oxygen atoms in total. The van der Waals surface area contributed by atoms with Crippen LogP contribution >= 0.6 is 11.8 Å². The molecular formula is C27H29N5O11S. The second-order valence-electron chi connectivity index (χ2n) is 9.76. The maximum absolute atomic E-state index is 13.7. The number of hydrogen-bond donors (Lipinski definition) is 3. The van der Waals surface area contributed by atoms with Crippen LogP contribution in [0.2, 0.25) is 0 Å². The number of ether oxygens (including phenoxy) is 2. The first-order valence-electron chi connectivity index (χ1n) is 13.4. The minimum atomic E-state index is -1.67. The number of carbonyl (C=O) groups is 8. The molecule has 3 aliphatic rings. The van der Waals surface area contributed by atoms with Gasteiger partial charge >= 0.3 is 29.8 Å². The second-order valence-corrected chi connectivity index (χ2v) is 10.9. The Morgan fingerprint density at radius 1 is 1.09 bits per heavy atom. The molecule has 0 saturated carbocycles. The van der Waals surface area contributed by atoms with E-state index in [0.29, 0.717) is 4.90 Å². The van der Waals surface area contributed by atoms with Crippen LogP contribution in [0.1, 0.15) is 25.5 Å². The Hall–Kier alpha value is -4.93. The number of benzene rings is 1. The summed E-state index contributed by atoms with van der Waals surface area (Å²) in [5, 5.41) is 14.3. The molecular weight excluding hydrogens is 602 g/mol. The van der Waals surface area contributed by atoms with Crippen LogP contribution in [-0.2, 0) is 43.0 Å². The fourth-order valence-corrected chi connectivity index (χ4v) is 6.39. The molecule has 0 aromatic heterocycles. The molecule has 1 aromatic rings. The Morgan fingerprint density at radius 2 is 1.80 bits per heavy atom. The summed E-state index contributed by atoms with van der Waals surface area (Å²) in [6.45, 7) is 2.92. The van der Waals surface area contributed by atoms with Crippen molar-refractivity contribution in [2.75, 3.05) is 32.0 Å². The average Bonchev–Trinajstić information content (AvgIpc) is 3.00. The number of fused-ring (bicyclic) bond motifs is 1. The predicted molar refractivity (Wildman–Crippen MR) is 149 cm³/mol. The van der Waals surface area contributed by atoms with Crippen molar-refractivity contribution in [2.24, 2.45) is 5.92 Å². The van der Waals surface area contributed by atoms with Crippen molar-refractivity contribution in [3.8, 4) is 0 Å². The molecule has 0 bridgehead atoms. The Kier molecular flexibility index (Phi) is 9.87. The van der Waals surface area contributed by atoms with Gasteiger partial charge in [-0.3, -0.25) is 38.6 Å². The van der Waals surface area contributed by atoms with E-state index < -0.39 is 70.9 Å². The number of piperazine rings is 1. The molecule has 3 N–H and O–H groups in total. The number of amides is 6. The molecule has 4 rings (SSSR count). The quantitative estimate of drug-likeness (QED) is 0.0899. The van der Waals surface area contributed by atoms with E-state index in [-0.39, 0.29) is 49.6 Å². The molecule has 0 aliphatic carbocycles. The third kappa shape index (κ3) is 6.36. The van der Waals surface area contributed by atoms with Crippen LogP contribution in [0.25, 0.3) is 0 Å². The first-order valence-corrected chi connectivity index (χ1v) is 14.4. The van der Waals surface area contributed by atoms with Crippen molar-refractivity contribution in [2.45, 2.75) is 31.5 Å². The van der Waals surface area contributed by atoms with Crippen molar-refractivity contribution in [1.82, 2.24) is 25.3 Å². The van der Waals surface area contributed by atoms with E-state index in [1.54, 1.807) is 25.1 Å². The number of esters is 1. The highest BCUT2D eigenvalue weighted by atomic mass is 32.2. The Morgan fingerprint density at radius 3 is 2.41 bits per heavy atom. The lowest BCUT2D eigenvalue weighted by molar-refractivity contribution is -0.157. The molecule has 17 heteroatoms. The first kappa shape index (κ1) is 32.0. The topological polar surface area (TPSA) is 209 Å². The molecule has 0 spiro atoms. The molecule has 2 fully saturated rings. The van der Waals surface area contributed by atoms with Gasteiger partial charge < -0.3 is 30.1 Å². The number of carboxylic acid groups (broad SMARTS) is 1. The molecule has 6 amide bonds. The van der Waals surface area contributed by atoms with Crippen LogP contribution in [-0.4, -0.2) is 111 Å². The van der Waals surface area contributed by atoms with E-state index in [1.165, 1.54) is 17.0 Å². The molecule has 234 valence electrons. The van der Waals surface area contributed by atoms with Crippen LogP contribution in [0.5, 0.6) is 0 Å². The standard InChI is InChI=1S/C27H29N5O11S/c1-3-30-9-10-31(24(38)23(30)37)27(41)28-18(15-7-5-4-6-8-15)20(35)29-21(43-14(2)34)17-12-44-25-16(11-42-13-33)22(36)32(25)19(17)26(39)40/h4-8,13,16,18,21,25H,3,9-12H2,1-2H3,(H,28,41)(H,29,35)(H,39,40)/t16-,18?,21?,25-/m1/s1. The number of β-lactam (4-membered cyclic amide) rings is 1. The zero-order valence-electron chi connectivity index (χ0n) is 23.6. The van der Waals surface area contributed by atoms with E-state index in [4.69, 9.17) is 4.74 Å². The maximum Gasteiger partial charge on any atom is 0.352 e. The summed E-state index contributed by atoms with van der Waals surface area (Å²) in [6.07, 6.45) is -1.67. The number of aliphatic carboxylic acids is 1. The normalized spacial score (nSPS) is 21.0. The van der Waals surface area contributed by atoms with Crippen molar-refractivity contribution in [1.29, 1.82) is 0 Å². The molecule has 4 atom stereocenters. The third-order valence-electron chi connectivity index (χ3n) is 7.13. The fraction of sp³-hybridized carbons (Fsp3) is 0.407. The van der Waals surface area contributed by atoms with Crippen LogP contribution < -0.4 is 10.6 Å². The minimum absolute atomic E-state index is 0.0907. The Labute approximate surface area is 254 Å². The van der Waals surface area contributed by atoms with Gasteiger partial charge in [0.25, 0.3) is 6.47 Å². The van der Waals surface area contributed by atoms with Crippen LogP contribution in [0.15, 0.2) is 41.6 Å². The van der Waals surface area contributed by atoms with Gasteiger partial charge in [0.15, 0.2) is 0 Å². The van der Waals surface area contributed by atoms with Crippen molar-refractivity contribution >= 4 is 59.8 Å². The van der Waals surface area contributed by atoms with Crippen LogP contribution in [0, 0.1) is 5.92 Å². The van der Waals surface area contributed by atoms with Gasteiger partial charge in [0, 0.05) is 37.9 Å². The van der Waals surface area contributed by atoms with Gasteiger partial charge in [0.2, 0.25) is 18.0 Å². The lowest BCUT2D eigenvalue weighted by Gasteiger charge is -2.49. The number of imide groups is 1. The smallest absolute Gasteiger partial charge is 0.352 e. The predicted octanol–water partition coefficient (Wildman–Crippen LogP) is -0.824. The third-order valence-corrected chi connectivity index (χ3v) is 8.49. The highest BCUT2D eigenvalue weighted by Crippen LogP contribution is 2.44. The molecule has 3 heterocycles. The summed E-state index contributed by atoms with van der Waals surface area (Å²) >= 11 is 1.12. The molecule has 0 radical (unpaired) electrons. The first-order chi connectivity index (χ1) is 21.0. The molecule has 2 saturated heterocycles. The summed E-state index contributed by atoms with van der Waals surface area (Å²) < 4.78 is 9.98. The largest absolute Gasteiger partial charge is 0.477 e. The summed E-state index contributed by atoms with van der Waals surface area (Å²) in [4.78, 5) is 103. The zero-order chi connectivity index (χ0) is 32.1. The van der Waals surface area contributed by atoms with Gasteiger partial charge in [-0.15, -0.1) is 11.8 Å². The van der Waals surface area contributed by atoms with Crippen molar-refractivity contribution in [3.63, 3.8) is 0 Å². The van der Waals surface area contributed by atoms with E-state index >= 15 is 0 Å². The summed E-state index contributed by atoms with van der Waals surface area (Å²) in [5.74, 6) is -6.80. The van der Waals surface area contributed by atoms with E-state index in [1.807, 2.05) is 0 Å². The summed E-state index contributed by atoms with van der Waals surface area (Å²) in [5.41, 5.74) is -0.363. The number of thioether (sulfide) groups is 1. The van der Waals surface area contributed by atoms with Crippen molar-refractivity contribution < 1.29 is 52.9 Å². The van der Waals surface area contributed by atoms with Crippen LogP contribution in [0.4, 0.5) is 4.79 Å². The molecule has 1 aromatic carbocycles. The van der Waals surface area contributed by atoms with Gasteiger partial charge in [-0.05, 0) is 12.5 Å². The summed E-state index contributed by atoms with van der Waals surface area (Å²) in [7, 11) is 0. The second kappa shape index (κ2) is 13.6. The number of nitrogens with zero attached hydrogens (tertiary/aromatic N) is 3. The van der Waals surface area contributed by atoms with Crippen LogP contribution in [0.3, 0.4) is 0 Å². The zero-order valence-corrected chi connectivity index (χ0v) is 24.4. The maximum atomic E-state index is 13.7. The number of carboxylic acids is 1. The van der Waals surface area contributed by atoms with Gasteiger partial charge in [-0.25, -0.2) is 9.59 Å².